The molecule has 5 heteroatoms. The second kappa shape index (κ2) is 6.30. The van der Waals surface area contributed by atoms with Crippen LogP contribution in [-0.2, 0) is 17.9 Å². The summed E-state index contributed by atoms with van der Waals surface area (Å²) in [4.78, 5) is 4.45. The van der Waals surface area contributed by atoms with Crippen LogP contribution in [0.3, 0.4) is 0 Å². The highest BCUT2D eigenvalue weighted by Crippen LogP contribution is 2.44. The van der Waals surface area contributed by atoms with Crippen molar-refractivity contribution in [2.24, 2.45) is 5.41 Å². The van der Waals surface area contributed by atoms with Gasteiger partial charge in [0.25, 0.3) is 0 Å². The van der Waals surface area contributed by atoms with Gasteiger partial charge >= 0.3 is 0 Å². The number of fused-ring (bicyclic) bond motifs is 1. The summed E-state index contributed by atoms with van der Waals surface area (Å²) in [5.41, 5.74) is 1.38. The number of aryl methyl sites for hydroxylation is 1. The Bertz CT molecular complexity index is 682. The number of rotatable bonds is 5. The molecule has 5 nitrogen and oxygen atoms in total. The van der Waals surface area contributed by atoms with Crippen LogP contribution in [0.2, 0.25) is 0 Å². The van der Waals surface area contributed by atoms with Gasteiger partial charge in [-0.2, -0.15) is 5.10 Å². The van der Waals surface area contributed by atoms with Gasteiger partial charge in [-0.3, -0.25) is 0 Å². The van der Waals surface area contributed by atoms with Gasteiger partial charge < -0.3 is 10.1 Å². The third-order valence-electron chi connectivity index (χ3n) is 5.69. The van der Waals surface area contributed by atoms with Crippen LogP contribution in [0.25, 0.3) is 0 Å². The first-order chi connectivity index (χ1) is 11.6. The van der Waals surface area contributed by atoms with Crippen LogP contribution >= 0.6 is 0 Å². The molecule has 0 bridgehead atoms. The lowest BCUT2D eigenvalue weighted by Gasteiger charge is -2.53. The molecule has 3 atom stereocenters. The van der Waals surface area contributed by atoms with E-state index in [1.165, 1.54) is 5.56 Å². The number of nitrogens with zero attached hydrogens (tertiary/aromatic N) is 3. The molecule has 4 rings (SSSR count). The normalized spacial score (nSPS) is 28.2. The molecule has 1 saturated carbocycles. The highest BCUT2D eigenvalue weighted by Gasteiger charge is 2.49. The topological polar surface area (TPSA) is 52.0 Å². The van der Waals surface area contributed by atoms with Gasteiger partial charge in [-0.05, 0) is 24.8 Å². The van der Waals surface area contributed by atoms with E-state index >= 15 is 0 Å². The van der Waals surface area contributed by atoms with Crippen molar-refractivity contribution >= 4 is 0 Å². The molecule has 0 amide bonds. The molecule has 1 aliphatic carbocycles. The van der Waals surface area contributed by atoms with Gasteiger partial charge in [0, 0.05) is 18.0 Å². The molecule has 0 unspecified atom stereocenters. The molecule has 2 heterocycles. The van der Waals surface area contributed by atoms with E-state index in [0.29, 0.717) is 24.8 Å². The van der Waals surface area contributed by atoms with E-state index < -0.39 is 0 Å². The summed E-state index contributed by atoms with van der Waals surface area (Å²) in [6.07, 6.45) is 5.34. The van der Waals surface area contributed by atoms with Gasteiger partial charge in [0.1, 0.15) is 12.2 Å². The van der Waals surface area contributed by atoms with Gasteiger partial charge in [0.2, 0.25) is 0 Å². The molecule has 1 aromatic carbocycles. The van der Waals surface area contributed by atoms with Crippen molar-refractivity contribution in [2.75, 3.05) is 0 Å². The maximum Gasteiger partial charge on any atom is 0.143 e. The van der Waals surface area contributed by atoms with Crippen molar-refractivity contribution in [1.29, 1.82) is 0 Å². The molecule has 2 aliphatic rings. The summed E-state index contributed by atoms with van der Waals surface area (Å²) in [5, 5.41) is 8.13. The minimum absolute atomic E-state index is 0.136. The Labute approximate surface area is 143 Å². The average Bonchev–Trinajstić information content (AvgIpc) is 3.07. The minimum Gasteiger partial charge on any atom is -0.373 e. The van der Waals surface area contributed by atoms with Crippen LogP contribution in [0.5, 0.6) is 0 Å². The van der Waals surface area contributed by atoms with Gasteiger partial charge in [-0.1, -0.05) is 44.2 Å². The van der Waals surface area contributed by atoms with Crippen LogP contribution in [0.4, 0.5) is 0 Å². The van der Waals surface area contributed by atoms with Crippen molar-refractivity contribution in [2.45, 2.75) is 64.4 Å². The summed E-state index contributed by atoms with van der Waals surface area (Å²) >= 11 is 0. The molecule has 1 aliphatic heterocycles. The standard InChI is InChI=1S/C19H26N4O/c1-19(2)16(11-17(19)24-12-14-7-4-3-5-8-14)22-15-9-6-10-23-18(15)20-13-21-23/h3-5,7-8,13,15-17,22H,6,9-12H2,1-2H3/t15-,16-,17+/m1/s1. The molecule has 1 fully saturated rings. The van der Waals surface area contributed by atoms with Crippen LogP contribution < -0.4 is 5.32 Å². The first-order valence-corrected chi connectivity index (χ1v) is 8.94. The van der Waals surface area contributed by atoms with E-state index in [1.54, 1.807) is 6.33 Å². The zero-order valence-electron chi connectivity index (χ0n) is 14.5. The molecule has 128 valence electrons. The number of benzene rings is 1. The third-order valence-corrected chi connectivity index (χ3v) is 5.69. The predicted molar refractivity (Wildman–Crippen MR) is 92.3 cm³/mol. The Hall–Kier alpha value is -1.72. The lowest BCUT2D eigenvalue weighted by atomic mass is 9.64. The van der Waals surface area contributed by atoms with Crippen molar-refractivity contribution in [3.05, 3.63) is 48.0 Å². The fraction of sp³-hybridized carbons (Fsp3) is 0.579. The maximum atomic E-state index is 6.18. The average molecular weight is 326 g/mol. The summed E-state index contributed by atoms with van der Waals surface area (Å²) in [6.45, 7) is 6.29. The molecule has 1 N–H and O–H groups in total. The highest BCUT2D eigenvalue weighted by molar-refractivity contribution is 5.14. The second-order valence-corrected chi connectivity index (χ2v) is 7.60. The van der Waals surface area contributed by atoms with Crippen molar-refractivity contribution in [3.63, 3.8) is 0 Å². The van der Waals surface area contributed by atoms with E-state index in [-0.39, 0.29) is 5.41 Å². The Morgan fingerprint density at radius 3 is 2.92 bits per heavy atom. The van der Waals surface area contributed by atoms with Crippen molar-refractivity contribution in [3.8, 4) is 0 Å². The fourth-order valence-corrected chi connectivity index (χ4v) is 3.91. The Morgan fingerprint density at radius 1 is 1.29 bits per heavy atom. The number of hydrogen-bond acceptors (Lipinski definition) is 4. The van der Waals surface area contributed by atoms with E-state index in [2.05, 4.69) is 53.5 Å². The first kappa shape index (κ1) is 15.8. The molecule has 24 heavy (non-hydrogen) atoms. The smallest absolute Gasteiger partial charge is 0.143 e. The van der Waals surface area contributed by atoms with Crippen LogP contribution in [-0.4, -0.2) is 26.9 Å². The summed E-state index contributed by atoms with van der Waals surface area (Å²) in [6, 6.07) is 11.2. The Morgan fingerprint density at radius 2 is 2.12 bits per heavy atom. The SMILES string of the molecule is CC1(C)[C@@H](OCc2ccccc2)C[C@H]1N[C@@H]1CCCn2ncnc21. The van der Waals surface area contributed by atoms with E-state index in [1.807, 2.05) is 10.7 Å². The summed E-state index contributed by atoms with van der Waals surface area (Å²) in [7, 11) is 0. The first-order valence-electron chi connectivity index (χ1n) is 8.94. The van der Waals surface area contributed by atoms with Gasteiger partial charge in [-0.25, -0.2) is 9.67 Å². The maximum absolute atomic E-state index is 6.18. The fourth-order valence-electron chi connectivity index (χ4n) is 3.91. The summed E-state index contributed by atoms with van der Waals surface area (Å²) < 4.78 is 8.22. The molecule has 0 saturated heterocycles. The lowest BCUT2D eigenvalue weighted by Crippen LogP contribution is -2.61. The Balaban J connectivity index is 1.34. The zero-order chi connectivity index (χ0) is 16.6. The molecule has 1 aromatic heterocycles. The number of ether oxygens (including phenoxy) is 1. The van der Waals surface area contributed by atoms with Crippen LogP contribution in [0.15, 0.2) is 36.7 Å². The van der Waals surface area contributed by atoms with Gasteiger partial charge in [0.05, 0.1) is 18.8 Å². The minimum atomic E-state index is 0.136. The third kappa shape index (κ3) is 2.87. The van der Waals surface area contributed by atoms with Gasteiger partial charge in [-0.15, -0.1) is 0 Å². The van der Waals surface area contributed by atoms with Gasteiger partial charge in [0.15, 0.2) is 0 Å². The Kier molecular flexibility index (Phi) is 4.14. The van der Waals surface area contributed by atoms with E-state index in [9.17, 15) is 0 Å². The molecule has 0 spiro atoms. The van der Waals surface area contributed by atoms with Crippen LogP contribution in [0, 0.1) is 5.41 Å². The molecule has 2 aromatic rings. The largest absolute Gasteiger partial charge is 0.373 e. The van der Waals surface area contributed by atoms with Crippen molar-refractivity contribution < 1.29 is 4.74 Å². The number of nitrogens with one attached hydrogen (secondary N) is 1. The van der Waals surface area contributed by atoms with Crippen molar-refractivity contribution in [1.82, 2.24) is 20.1 Å². The second-order valence-electron chi connectivity index (χ2n) is 7.60. The van der Waals surface area contributed by atoms with E-state index in [0.717, 1.165) is 31.6 Å². The predicted octanol–water partition coefficient (Wildman–Crippen LogP) is 3.09. The quantitative estimate of drug-likeness (QED) is 0.917. The monoisotopic (exact) mass is 326 g/mol. The molecular formula is C19H26N4O. The lowest BCUT2D eigenvalue weighted by molar-refractivity contribution is -0.127. The zero-order valence-corrected chi connectivity index (χ0v) is 14.5. The highest BCUT2D eigenvalue weighted by atomic mass is 16.5. The van der Waals surface area contributed by atoms with E-state index in [4.69, 9.17) is 4.74 Å². The summed E-state index contributed by atoms with van der Waals surface area (Å²) in [5.74, 6) is 1.09. The number of hydrogen-bond donors (Lipinski definition) is 1. The molecule has 0 radical (unpaired) electrons. The van der Waals surface area contributed by atoms with Crippen LogP contribution in [0.1, 0.15) is 50.5 Å². The molecular weight excluding hydrogens is 300 g/mol. The number of aromatic nitrogens is 3.